The van der Waals surface area contributed by atoms with Crippen LogP contribution in [0.1, 0.15) is 17.3 Å². The van der Waals surface area contributed by atoms with Crippen molar-refractivity contribution < 1.29 is 4.79 Å². The Balaban J connectivity index is 0.000000352. The number of benzene rings is 4. The van der Waals surface area contributed by atoms with Crippen LogP contribution in [-0.2, 0) is 0 Å². The summed E-state index contributed by atoms with van der Waals surface area (Å²) in [5, 5.41) is 2.06. The van der Waals surface area contributed by atoms with Crippen molar-refractivity contribution in [3.8, 4) is 0 Å². The van der Waals surface area contributed by atoms with E-state index in [-0.39, 0.29) is 0 Å². The molecule has 0 radical (unpaired) electrons. The van der Waals surface area contributed by atoms with Gasteiger partial charge in [0.1, 0.15) is 0 Å². The number of nitrogens with two attached hydrogens (primary N) is 2. The van der Waals surface area contributed by atoms with Crippen molar-refractivity contribution in [3.63, 3.8) is 0 Å². The van der Waals surface area contributed by atoms with Crippen LogP contribution in [0.5, 0.6) is 0 Å². The third-order valence-electron chi connectivity index (χ3n) is 5.01. The molecule has 0 aliphatic heterocycles. The number of anilines is 4. The second-order valence-corrected chi connectivity index (χ2v) is 8.07. The largest absolute Gasteiger partial charge is 0.399 e. The van der Waals surface area contributed by atoms with E-state index in [1.165, 1.54) is 11.9 Å². The first kappa shape index (κ1) is 23.0. The summed E-state index contributed by atoms with van der Waals surface area (Å²) < 4.78 is 3.34. The fourth-order valence-electron chi connectivity index (χ4n) is 3.18. The molecule has 0 amide bonds. The van der Waals surface area contributed by atoms with Gasteiger partial charge in [0.05, 0.1) is 0 Å². The molecule has 0 heterocycles. The van der Waals surface area contributed by atoms with Gasteiger partial charge in [0.15, 0.2) is 6.29 Å². The molecule has 4 aromatic rings. The van der Waals surface area contributed by atoms with Crippen LogP contribution >= 0.6 is 11.9 Å². The molecular weight excluding hydrogens is 416 g/mol. The Hall–Kier alpha value is -3.64. The Morgan fingerprint density at radius 2 is 1.56 bits per heavy atom. The second kappa shape index (κ2) is 11.1. The molecule has 164 valence electrons. The van der Waals surface area contributed by atoms with E-state index in [4.69, 9.17) is 11.5 Å². The van der Waals surface area contributed by atoms with Crippen molar-refractivity contribution in [1.29, 1.82) is 0 Å². The average Bonchev–Trinajstić information content (AvgIpc) is 2.83. The molecule has 0 fully saturated rings. The maximum atomic E-state index is 11.6. The second-order valence-electron chi connectivity index (χ2n) is 7.22. The van der Waals surface area contributed by atoms with E-state index >= 15 is 0 Å². The number of rotatable bonds is 6. The normalized spacial score (nSPS) is 10.2. The Kier molecular flexibility index (Phi) is 8.00. The van der Waals surface area contributed by atoms with Crippen molar-refractivity contribution in [2.75, 3.05) is 34.7 Å². The molecule has 0 saturated heterocycles. The van der Waals surface area contributed by atoms with Crippen molar-refractivity contribution >= 4 is 51.8 Å². The van der Waals surface area contributed by atoms with Gasteiger partial charge in [0.25, 0.3) is 0 Å². The molecule has 0 saturated carbocycles. The van der Waals surface area contributed by atoms with E-state index in [1.54, 1.807) is 0 Å². The first-order valence-electron chi connectivity index (χ1n) is 10.3. The molecule has 32 heavy (non-hydrogen) atoms. The monoisotopic (exact) mass is 444 g/mol. The minimum atomic E-state index is 0.711. The van der Waals surface area contributed by atoms with Crippen LogP contribution in [0.25, 0.3) is 10.8 Å². The molecule has 5 nitrogen and oxygen atoms in total. The van der Waals surface area contributed by atoms with Crippen LogP contribution < -0.4 is 21.1 Å². The topological polar surface area (TPSA) is 84.4 Å². The highest BCUT2D eigenvalue weighted by atomic mass is 32.2. The lowest BCUT2D eigenvalue weighted by Gasteiger charge is -2.21. The summed E-state index contributed by atoms with van der Waals surface area (Å²) in [7, 11) is 2.04. The van der Waals surface area contributed by atoms with Gasteiger partial charge in [-0.05, 0) is 72.8 Å². The van der Waals surface area contributed by atoms with E-state index in [0.717, 1.165) is 51.2 Å². The summed E-state index contributed by atoms with van der Waals surface area (Å²) in [6, 6.07) is 27.1. The molecule has 0 aliphatic carbocycles. The Morgan fingerprint density at radius 3 is 2.16 bits per heavy atom. The number of para-hydroxylation sites is 1. The SMILES string of the molecule is CCN(C)c1ccc(SNc2ccc(N)cc2)c2cccc(C=O)c12.Nc1ccccc1. The van der Waals surface area contributed by atoms with Gasteiger partial charge in [0.2, 0.25) is 0 Å². The number of hydrogen-bond acceptors (Lipinski definition) is 6. The van der Waals surface area contributed by atoms with Gasteiger partial charge >= 0.3 is 0 Å². The summed E-state index contributed by atoms with van der Waals surface area (Å²) in [6.45, 7) is 2.97. The number of hydrogen-bond donors (Lipinski definition) is 3. The van der Waals surface area contributed by atoms with Crippen molar-refractivity contribution in [3.05, 3.63) is 90.5 Å². The van der Waals surface area contributed by atoms with Crippen LogP contribution in [0.3, 0.4) is 0 Å². The zero-order valence-electron chi connectivity index (χ0n) is 18.3. The number of nitrogens with one attached hydrogen (secondary N) is 1. The third kappa shape index (κ3) is 5.74. The van der Waals surface area contributed by atoms with Gasteiger partial charge in [-0.1, -0.05) is 36.4 Å². The highest BCUT2D eigenvalue weighted by Gasteiger charge is 2.12. The van der Waals surface area contributed by atoms with Crippen molar-refractivity contribution in [2.45, 2.75) is 11.8 Å². The lowest BCUT2D eigenvalue weighted by Crippen LogP contribution is -2.16. The third-order valence-corrected chi connectivity index (χ3v) is 5.93. The zero-order valence-corrected chi connectivity index (χ0v) is 19.1. The number of fused-ring (bicyclic) bond motifs is 1. The molecule has 4 rings (SSSR count). The van der Waals surface area contributed by atoms with Gasteiger partial charge in [-0.2, -0.15) is 0 Å². The standard InChI is InChI=1S/C20H21N3OS.C6H7N/c1-3-23(2)18-11-12-19(17-6-4-5-14(13-24)20(17)18)25-22-16-9-7-15(21)8-10-16;7-6-4-2-1-3-5-6/h4-13,22H,3,21H2,1-2H3;1-5H,7H2. The molecule has 4 aromatic carbocycles. The first-order valence-corrected chi connectivity index (χ1v) is 11.2. The fourth-order valence-corrected chi connectivity index (χ4v) is 3.96. The lowest BCUT2D eigenvalue weighted by molar-refractivity contribution is 0.112. The van der Waals surface area contributed by atoms with Gasteiger partial charge in [-0.3, -0.25) is 4.79 Å². The Labute approximate surface area is 193 Å². The molecule has 0 aliphatic rings. The highest BCUT2D eigenvalue weighted by Crippen LogP contribution is 2.36. The number of carbonyl (C=O) groups is 1. The van der Waals surface area contributed by atoms with E-state index in [9.17, 15) is 4.79 Å². The maximum absolute atomic E-state index is 11.6. The van der Waals surface area contributed by atoms with E-state index in [2.05, 4.69) is 34.7 Å². The quantitative estimate of drug-likeness (QED) is 0.190. The maximum Gasteiger partial charge on any atom is 0.150 e. The number of carbonyl (C=O) groups excluding carboxylic acids is 1. The highest BCUT2D eigenvalue weighted by molar-refractivity contribution is 8.00. The van der Waals surface area contributed by atoms with E-state index in [0.29, 0.717) is 5.56 Å². The summed E-state index contributed by atoms with van der Waals surface area (Å²) in [5.41, 5.74) is 15.4. The minimum Gasteiger partial charge on any atom is -0.399 e. The summed E-state index contributed by atoms with van der Waals surface area (Å²) >= 11 is 1.53. The zero-order chi connectivity index (χ0) is 22.9. The van der Waals surface area contributed by atoms with E-state index in [1.807, 2.05) is 73.8 Å². The smallest absolute Gasteiger partial charge is 0.150 e. The Bertz CT molecular complexity index is 1160. The van der Waals surface area contributed by atoms with Crippen LogP contribution in [-0.4, -0.2) is 19.9 Å². The van der Waals surface area contributed by atoms with Gasteiger partial charge in [-0.15, -0.1) is 0 Å². The molecule has 0 spiro atoms. The van der Waals surface area contributed by atoms with Gasteiger partial charge in [-0.25, -0.2) is 0 Å². The molecule has 0 aromatic heterocycles. The molecule has 6 heteroatoms. The van der Waals surface area contributed by atoms with E-state index < -0.39 is 0 Å². The first-order chi connectivity index (χ1) is 15.5. The average molecular weight is 445 g/mol. The summed E-state index contributed by atoms with van der Waals surface area (Å²) in [5.74, 6) is 0. The lowest BCUT2D eigenvalue weighted by atomic mass is 10.0. The number of nitrogens with zero attached hydrogens (tertiary/aromatic N) is 1. The van der Waals surface area contributed by atoms with Crippen LogP contribution in [0.2, 0.25) is 0 Å². The predicted octanol–water partition coefficient (Wildman–Crippen LogP) is 6.08. The molecular formula is C26H28N4OS. The van der Waals surface area contributed by atoms with Crippen LogP contribution in [0, 0.1) is 0 Å². The minimum absolute atomic E-state index is 0.711. The molecule has 0 unspecified atom stereocenters. The molecule has 5 N–H and O–H groups in total. The molecule has 0 bridgehead atoms. The number of aldehydes is 1. The van der Waals surface area contributed by atoms with Crippen LogP contribution in [0.15, 0.2) is 89.8 Å². The molecule has 0 atom stereocenters. The van der Waals surface area contributed by atoms with Gasteiger partial charge in [0, 0.05) is 52.2 Å². The summed E-state index contributed by atoms with van der Waals surface area (Å²) in [4.78, 5) is 14.8. The number of nitrogen functional groups attached to an aromatic ring is 2. The van der Waals surface area contributed by atoms with Crippen molar-refractivity contribution in [2.24, 2.45) is 0 Å². The Morgan fingerprint density at radius 1 is 0.875 bits per heavy atom. The fraction of sp³-hybridized carbons (Fsp3) is 0.115. The predicted molar refractivity (Wildman–Crippen MR) is 139 cm³/mol. The van der Waals surface area contributed by atoms with Crippen molar-refractivity contribution in [1.82, 2.24) is 0 Å². The summed E-state index contributed by atoms with van der Waals surface area (Å²) in [6.07, 6.45) is 0.928. The van der Waals surface area contributed by atoms with Crippen LogP contribution in [0.4, 0.5) is 22.7 Å². The van der Waals surface area contributed by atoms with Gasteiger partial charge < -0.3 is 21.1 Å².